The second-order valence-corrected chi connectivity index (χ2v) is 7.36. The number of nitrogens with one attached hydrogen (secondary N) is 1. The number of piperidine rings is 1. The molecule has 1 aliphatic carbocycles. The van der Waals surface area contributed by atoms with E-state index >= 15 is 0 Å². The van der Waals surface area contributed by atoms with E-state index in [-0.39, 0.29) is 11.4 Å². The fraction of sp³-hybridized carbons (Fsp3) is 0.647. The van der Waals surface area contributed by atoms with Crippen molar-refractivity contribution in [3.63, 3.8) is 0 Å². The molecule has 2 atom stereocenters. The summed E-state index contributed by atoms with van der Waals surface area (Å²) in [6, 6.07) is 5.94. The van der Waals surface area contributed by atoms with Crippen LogP contribution in [0, 0.1) is 11.7 Å². The summed E-state index contributed by atoms with van der Waals surface area (Å²) in [5, 5.41) is 3.48. The molecule has 1 aliphatic heterocycles. The fourth-order valence-corrected chi connectivity index (χ4v) is 3.56. The molecule has 1 aromatic carbocycles. The summed E-state index contributed by atoms with van der Waals surface area (Å²) >= 11 is 0. The average molecular weight is 276 g/mol. The fourth-order valence-electron chi connectivity index (χ4n) is 3.56. The Balaban J connectivity index is 1.83. The van der Waals surface area contributed by atoms with Gasteiger partial charge in [0.15, 0.2) is 0 Å². The van der Waals surface area contributed by atoms with Crippen LogP contribution in [0.15, 0.2) is 18.2 Å². The predicted octanol–water partition coefficient (Wildman–Crippen LogP) is 3.70. The largest absolute Gasteiger partial charge is 0.368 e. The van der Waals surface area contributed by atoms with Crippen LogP contribution >= 0.6 is 0 Å². The van der Waals surface area contributed by atoms with Crippen LogP contribution in [0.25, 0.3) is 0 Å². The maximum Gasteiger partial charge on any atom is 0.123 e. The molecule has 2 unspecified atom stereocenters. The summed E-state index contributed by atoms with van der Waals surface area (Å²) < 4.78 is 13.6. The van der Waals surface area contributed by atoms with Gasteiger partial charge in [-0.2, -0.15) is 0 Å². The highest BCUT2D eigenvalue weighted by Crippen LogP contribution is 2.41. The molecular weight excluding hydrogens is 251 g/mol. The van der Waals surface area contributed by atoms with Crippen LogP contribution < -0.4 is 10.2 Å². The Morgan fingerprint density at radius 1 is 1.30 bits per heavy atom. The van der Waals surface area contributed by atoms with Crippen LogP contribution in [-0.2, 0) is 6.54 Å². The SMILES string of the molecule is CC(C)(C)NCc1cc(F)ccc1N1CC2CCC1C2. The maximum atomic E-state index is 13.6. The zero-order valence-electron chi connectivity index (χ0n) is 12.7. The molecule has 0 spiro atoms. The van der Waals surface area contributed by atoms with E-state index in [1.807, 2.05) is 6.07 Å². The molecule has 1 saturated heterocycles. The number of nitrogens with zero attached hydrogens (tertiary/aromatic N) is 1. The van der Waals surface area contributed by atoms with Gasteiger partial charge in [-0.15, -0.1) is 0 Å². The smallest absolute Gasteiger partial charge is 0.123 e. The van der Waals surface area contributed by atoms with Crippen molar-refractivity contribution in [1.82, 2.24) is 5.32 Å². The molecule has 1 saturated carbocycles. The maximum absolute atomic E-state index is 13.6. The van der Waals surface area contributed by atoms with Crippen LogP contribution in [0.2, 0.25) is 0 Å². The van der Waals surface area contributed by atoms with Crippen molar-refractivity contribution in [2.75, 3.05) is 11.4 Å². The van der Waals surface area contributed by atoms with Gasteiger partial charge in [-0.25, -0.2) is 4.39 Å². The Hall–Kier alpha value is -1.09. The van der Waals surface area contributed by atoms with E-state index in [2.05, 4.69) is 31.0 Å². The van der Waals surface area contributed by atoms with Crippen LogP contribution in [0.1, 0.15) is 45.6 Å². The minimum atomic E-state index is -0.135. The molecule has 1 N–H and O–H groups in total. The zero-order chi connectivity index (χ0) is 14.3. The average Bonchev–Trinajstić information content (AvgIpc) is 2.98. The number of benzene rings is 1. The van der Waals surface area contributed by atoms with E-state index in [1.54, 1.807) is 12.1 Å². The van der Waals surface area contributed by atoms with Gasteiger partial charge in [0.25, 0.3) is 0 Å². The molecule has 1 aromatic rings. The Labute approximate surface area is 121 Å². The topological polar surface area (TPSA) is 15.3 Å². The third kappa shape index (κ3) is 2.83. The molecule has 110 valence electrons. The first-order valence-electron chi connectivity index (χ1n) is 7.72. The molecule has 0 radical (unpaired) electrons. The highest BCUT2D eigenvalue weighted by Gasteiger charge is 2.38. The number of hydrogen-bond acceptors (Lipinski definition) is 2. The van der Waals surface area contributed by atoms with Crippen LogP contribution in [0.3, 0.4) is 0 Å². The molecule has 3 heteroatoms. The van der Waals surface area contributed by atoms with Crippen molar-refractivity contribution < 1.29 is 4.39 Å². The minimum Gasteiger partial charge on any atom is -0.368 e. The summed E-state index contributed by atoms with van der Waals surface area (Å²) in [5.74, 6) is 0.720. The lowest BCUT2D eigenvalue weighted by atomic mass is 10.0. The lowest BCUT2D eigenvalue weighted by Crippen LogP contribution is -2.37. The number of rotatable bonds is 3. The number of hydrogen-bond donors (Lipinski definition) is 1. The van der Waals surface area contributed by atoms with E-state index in [0.717, 1.165) is 24.6 Å². The Kier molecular flexibility index (Phi) is 3.49. The third-order valence-electron chi connectivity index (χ3n) is 4.57. The van der Waals surface area contributed by atoms with Gasteiger partial charge in [-0.1, -0.05) is 0 Å². The van der Waals surface area contributed by atoms with Gasteiger partial charge in [-0.3, -0.25) is 0 Å². The van der Waals surface area contributed by atoms with Crippen LogP contribution in [0.4, 0.5) is 10.1 Å². The molecule has 0 amide bonds. The van der Waals surface area contributed by atoms with Gasteiger partial charge in [0.1, 0.15) is 5.82 Å². The quantitative estimate of drug-likeness (QED) is 0.905. The third-order valence-corrected chi connectivity index (χ3v) is 4.57. The van der Waals surface area contributed by atoms with E-state index in [1.165, 1.54) is 24.9 Å². The summed E-state index contributed by atoms with van der Waals surface area (Å²) in [5.41, 5.74) is 2.37. The first-order valence-corrected chi connectivity index (χ1v) is 7.72. The van der Waals surface area contributed by atoms with Crippen molar-refractivity contribution in [2.45, 2.75) is 58.2 Å². The summed E-state index contributed by atoms with van der Waals surface area (Å²) in [4.78, 5) is 2.51. The molecule has 2 bridgehead atoms. The summed E-state index contributed by atoms with van der Waals surface area (Å²) in [6.45, 7) is 8.31. The van der Waals surface area contributed by atoms with Crippen molar-refractivity contribution in [3.05, 3.63) is 29.6 Å². The zero-order valence-corrected chi connectivity index (χ0v) is 12.7. The normalized spacial score (nSPS) is 25.5. The Bertz CT molecular complexity index is 492. The van der Waals surface area contributed by atoms with Crippen LogP contribution in [0.5, 0.6) is 0 Å². The molecule has 3 rings (SSSR count). The molecule has 20 heavy (non-hydrogen) atoms. The molecule has 1 heterocycles. The lowest BCUT2D eigenvalue weighted by molar-refractivity contribution is 0.423. The van der Waals surface area contributed by atoms with E-state index < -0.39 is 0 Å². The van der Waals surface area contributed by atoms with E-state index in [9.17, 15) is 4.39 Å². The monoisotopic (exact) mass is 276 g/mol. The highest BCUT2D eigenvalue weighted by molar-refractivity contribution is 5.56. The summed E-state index contributed by atoms with van der Waals surface area (Å²) in [6.07, 6.45) is 4.00. The highest BCUT2D eigenvalue weighted by atomic mass is 19.1. The minimum absolute atomic E-state index is 0.0492. The Morgan fingerprint density at radius 3 is 2.70 bits per heavy atom. The standard InChI is InChI=1S/C17H25FN2/c1-17(2,3)19-10-13-9-14(18)5-7-16(13)20-11-12-4-6-15(20)8-12/h5,7,9,12,15,19H,4,6,8,10-11H2,1-3H3. The van der Waals surface area contributed by atoms with E-state index in [0.29, 0.717) is 6.04 Å². The molecule has 0 aromatic heterocycles. The van der Waals surface area contributed by atoms with Gasteiger partial charge in [-0.05, 0) is 69.7 Å². The molecule has 2 aliphatic rings. The lowest BCUT2D eigenvalue weighted by Gasteiger charge is -2.32. The van der Waals surface area contributed by atoms with Crippen molar-refractivity contribution in [2.24, 2.45) is 5.92 Å². The van der Waals surface area contributed by atoms with Gasteiger partial charge < -0.3 is 10.2 Å². The summed E-state index contributed by atoms with van der Waals surface area (Å²) in [7, 11) is 0. The van der Waals surface area contributed by atoms with Crippen molar-refractivity contribution in [1.29, 1.82) is 0 Å². The van der Waals surface area contributed by atoms with Crippen molar-refractivity contribution in [3.8, 4) is 0 Å². The number of halogens is 1. The first kappa shape index (κ1) is 13.9. The second kappa shape index (κ2) is 5.03. The predicted molar refractivity (Wildman–Crippen MR) is 81.5 cm³/mol. The first-order chi connectivity index (χ1) is 9.42. The number of fused-ring (bicyclic) bond motifs is 2. The second-order valence-electron chi connectivity index (χ2n) is 7.36. The van der Waals surface area contributed by atoms with E-state index in [4.69, 9.17) is 0 Å². The van der Waals surface area contributed by atoms with Gasteiger partial charge in [0, 0.05) is 30.4 Å². The molecule has 2 nitrogen and oxygen atoms in total. The molecule has 2 fully saturated rings. The number of anilines is 1. The van der Waals surface area contributed by atoms with Gasteiger partial charge in [0.2, 0.25) is 0 Å². The van der Waals surface area contributed by atoms with Crippen molar-refractivity contribution >= 4 is 5.69 Å². The van der Waals surface area contributed by atoms with Gasteiger partial charge in [0.05, 0.1) is 0 Å². The van der Waals surface area contributed by atoms with Gasteiger partial charge >= 0.3 is 0 Å². The molecular formula is C17H25FN2. The Morgan fingerprint density at radius 2 is 2.10 bits per heavy atom. The van der Waals surface area contributed by atoms with Crippen LogP contribution in [-0.4, -0.2) is 18.1 Å².